The maximum atomic E-state index is 11.0. The molecule has 0 aromatic heterocycles. The Morgan fingerprint density at radius 1 is 0.944 bits per heavy atom. The van der Waals surface area contributed by atoms with Gasteiger partial charge in [0, 0.05) is 25.2 Å². The molecule has 96 valence electrons. The van der Waals surface area contributed by atoms with E-state index in [9.17, 15) is 20.2 Å². The highest BCUT2D eigenvalue weighted by atomic mass is 16.6. The van der Waals surface area contributed by atoms with E-state index in [0.29, 0.717) is 13.1 Å². The third kappa shape index (κ3) is 2.24. The molecule has 18 heavy (non-hydrogen) atoms. The van der Waals surface area contributed by atoms with Crippen molar-refractivity contribution in [2.75, 3.05) is 18.0 Å². The maximum absolute atomic E-state index is 11.0. The summed E-state index contributed by atoms with van der Waals surface area (Å²) in [7, 11) is 0. The summed E-state index contributed by atoms with van der Waals surface area (Å²) in [6.45, 7) is 1.26. The Morgan fingerprint density at radius 3 is 1.89 bits per heavy atom. The number of rotatable bonds is 3. The molecule has 0 aliphatic carbocycles. The molecule has 1 aromatic carbocycles. The quantitative estimate of drug-likeness (QED) is 0.608. The number of nitrogens with zero attached hydrogens (tertiary/aromatic N) is 3. The fourth-order valence-electron chi connectivity index (χ4n) is 2.26. The van der Waals surface area contributed by atoms with E-state index in [4.69, 9.17) is 0 Å². The molecule has 1 saturated heterocycles. The first-order valence-electron chi connectivity index (χ1n) is 5.78. The molecular formula is C11H13N3O4. The first kappa shape index (κ1) is 12.3. The Bertz CT molecular complexity index is 451. The van der Waals surface area contributed by atoms with E-state index in [0.717, 1.165) is 19.3 Å². The molecule has 7 heteroatoms. The molecule has 0 radical (unpaired) electrons. The van der Waals surface area contributed by atoms with Crippen LogP contribution in [0.15, 0.2) is 18.2 Å². The lowest BCUT2D eigenvalue weighted by Gasteiger charge is -2.27. The third-order valence-electron chi connectivity index (χ3n) is 3.06. The Balaban J connectivity index is 2.52. The molecule has 1 aliphatic heterocycles. The predicted molar refractivity (Wildman–Crippen MR) is 65.8 cm³/mol. The fraction of sp³-hybridized carbons (Fsp3) is 0.455. The van der Waals surface area contributed by atoms with Crippen LogP contribution in [0.4, 0.5) is 17.1 Å². The normalized spacial score (nSPS) is 15.4. The van der Waals surface area contributed by atoms with Gasteiger partial charge in [-0.3, -0.25) is 20.2 Å². The third-order valence-corrected chi connectivity index (χ3v) is 3.06. The summed E-state index contributed by atoms with van der Waals surface area (Å²) in [5.41, 5.74) is -0.232. The topological polar surface area (TPSA) is 89.5 Å². The molecule has 7 nitrogen and oxygen atoms in total. The average Bonchev–Trinajstić information content (AvgIpc) is 2.38. The lowest BCUT2D eigenvalue weighted by molar-refractivity contribution is -0.392. The number of benzene rings is 1. The average molecular weight is 251 g/mol. The predicted octanol–water partition coefficient (Wildman–Crippen LogP) is 2.49. The highest BCUT2D eigenvalue weighted by Crippen LogP contribution is 2.38. The van der Waals surface area contributed by atoms with Gasteiger partial charge in [0.15, 0.2) is 5.69 Å². The van der Waals surface area contributed by atoms with Gasteiger partial charge in [0.25, 0.3) is 11.4 Å². The lowest BCUT2D eigenvalue weighted by atomic mass is 10.1. The molecule has 0 spiro atoms. The van der Waals surface area contributed by atoms with E-state index in [1.165, 1.54) is 18.2 Å². The van der Waals surface area contributed by atoms with Crippen LogP contribution in [0.1, 0.15) is 19.3 Å². The van der Waals surface area contributed by atoms with Crippen molar-refractivity contribution in [3.63, 3.8) is 0 Å². The van der Waals surface area contributed by atoms with Crippen molar-refractivity contribution >= 4 is 17.1 Å². The van der Waals surface area contributed by atoms with Gasteiger partial charge in [0.1, 0.15) is 0 Å². The molecule has 0 N–H and O–H groups in total. The molecule has 0 unspecified atom stereocenters. The number of hydrogen-bond donors (Lipinski definition) is 0. The standard InChI is InChI=1S/C11H13N3O4/c15-13(16)9-5-4-6-10(14(17)18)11(9)12-7-2-1-3-8-12/h4-6H,1-3,7-8H2. The summed E-state index contributed by atoms with van der Waals surface area (Å²) in [5, 5.41) is 22.0. The number of hydrogen-bond acceptors (Lipinski definition) is 5. The van der Waals surface area contributed by atoms with Crippen LogP contribution in [0.25, 0.3) is 0 Å². The number of piperidine rings is 1. The molecule has 1 fully saturated rings. The first-order valence-corrected chi connectivity index (χ1v) is 5.78. The number of anilines is 1. The highest BCUT2D eigenvalue weighted by molar-refractivity contribution is 5.75. The Morgan fingerprint density at radius 2 is 1.44 bits per heavy atom. The van der Waals surface area contributed by atoms with E-state index >= 15 is 0 Å². The number of nitro benzene ring substituents is 2. The zero-order valence-electron chi connectivity index (χ0n) is 9.74. The van der Waals surface area contributed by atoms with Crippen molar-refractivity contribution in [1.29, 1.82) is 0 Å². The summed E-state index contributed by atoms with van der Waals surface area (Å²) in [4.78, 5) is 22.6. The highest BCUT2D eigenvalue weighted by Gasteiger charge is 2.29. The van der Waals surface area contributed by atoms with Crippen LogP contribution < -0.4 is 4.90 Å². The van der Waals surface area contributed by atoms with Gasteiger partial charge in [-0.2, -0.15) is 0 Å². The lowest BCUT2D eigenvalue weighted by Crippen LogP contribution is -2.30. The summed E-state index contributed by atoms with van der Waals surface area (Å²) in [6, 6.07) is 3.98. The van der Waals surface area contributed by atoms with Crippen molar-refractivity contribution in [3.05, 3.63) is 38.4 Å². The molecule has 2 rings (SSSR count). The number of nitro groups is 2. The molecule has 1 heterocycles. The van der Waals surface area contributed by atoms with Gasteiger partial charge >= 0.3 is 0 Å². The van der Waals surface area contributed by atoms with Crippen LogP contribution in [0.3, 0.4) is 0 Å². The Kier molecular flexibility index (Phi) is 3.40. The molecule has 0 saturated carbocycles. The molecule has 1 aromatic rings. The Hall–Kier alpha value is -2.18. The summed E-state index contributed by atoms with van der Waals surface area (Å²) < 4.78 is 0. The second kappa shape index (κ2) is 4.99. The van der Waals surface area contributed by atoms with Crippen LogP contribution in [0.5, 0.6) is 0 Å². The largest absolute Gasteiger partial charge is 0.360 e. The van der Waals surface area contributed by atoms with Crippen molar-refractivity contribution in [2.45, 2.75) is 19.3 Å². The smallest absolute Gasteiger partial charge is 0.299 e. The van der Waals surface area contributed by atoms with Gasteiger partial charge in [0.05, 0.1) is 9.85 Å². The van der Waals surface area contributed by atoms with Crippen LogP contribution in [0.2, 0.25) is 0 Å². The molecule has 0 atom stereocenters. The monoisotopic (exact) mass is 251 g/mol. The maximum Gasteiger partial charge on any atom is 0.299 e. The van der Waals surface area contributed by atoms with E-state index in [1.54, 1.807) is 4.90 Å². The van der Waals surface area contributed by atoms with Crippen molar-refractivity contribution in [2.24, 2.45) is 0 Å². The Labute approximate surface area is 103 Å². The fourth-order valence-corrected chi connectivity index (χ4v) is 2.26. The minimum Gasteiger partial charge on any atom is -0.360 e. The van der Waals surface area contributed by atoms with Crippen molar-refractivity contribution < 1.29 is 9.85 Å². The van der Waals surface area contributed by atoms with Crippen molar-refractivity contribution in [3.8, 4) is 0 Å². The molecule has 1 aliphatic rings. The van der Waals surface area contributed by atoms with Gasteiger partial charge in [-0.05, 0) is 25.3 Å². The second-order valence-electron chi connectivity index (χ2n) is 4.21. The van der Waals surface area contributed by atoms with Gasteiger partial charge < -0.3 is 4.90 Å². The van der Waals surface area contributed by atoms with Crippen LogP contribution in [-0.4, -0.2) is 22.9 Å². The van der Waals surface area contributed by atoms with Gasteiger partial charge in [-0.1, -0.05) is 0 Å². The van der Waals surface area contributed by atoms with Crippen LogP contribution in [-0.2, 0) is 0 Å². The van der Waals surface area contributed by atoms with E-state index < -0.39 is 9.85 Å². The van der Waals surface area contributed by atoms with E-state index in [-0.39, 0.29) is 17.1 Å². The van der Waals surface area contributed by atoms with Crippen LogP contribution >= 0.6 is 0 Å². The zero-order chi connectivity index (χ0) is 13.1. The summed E-state index contributed by atoms with van der Waals surface area (Å²) >= 11 is 0. The molecule has 0 bridgehead atoms. The van der Waals surface area contributed by atoms with Gasteiger partial charge in [-0.25, -0.2) is 0 Å². The van der Waals surface area contributed by atoms with Gasteiger partial charge in [0.2, 0.25) is 0 Å². The number of para-hydroxylation sites is 1. The van der Waals surface area contributed by atoms with Crippen LogP contribution in [0, 0.1) is 20.2 Å². The summed E-state index contributed by atoms with van der Waals surface area (Å²) in [5.74, 6) is 0. The van der Waals surface area contributed by atoms with Crippen molar-refractivity contribution in [1.82, 2.24) is 0 Å². The minimum atomic E-state index is -0.559. The van der Waals surface area contributed by atoms with E-state index in [2.05, 4.69) is 0 Å². The first-order chi connectivity index (χ1) is 8.61. The van der Waals surface area contributed by atoms with Gasteiger partial charge in [-0.15, -0.1) is 0 Å². The SMILES string of the molecule is O=[N+]([O-])c1cccc([N+](=O)[O-])c1N1CCCCC1. The minimum absolute atomic E-state index is 0.146. The zero-order valence-corrected chi connectivity index (χ0v) is 9.74. The second-order valence-corrected chi connectivity index (χ2v) is 4.21. The molecule has 0 amide bonds. The van der Waals surface area contributed by atoms with E-state index in [1.807, 2.05) is 0 Å². The summed E-state index contributed by atoms with van der Waals surface area (Å²) in [6.07, 6.45) is 2.87. The molecular weight excluding hydrogens is 238 g/mol.